The summed E-state index contributed by atoms with van der Waals surface area (Å²) in [6, 6.07) is 20.1. The van der Waals surface area contributed by atoms with Gasteiger partial charge in [0.1, 0.15) is 48.4 Å². The van der Waals surface area contributed by atoms with Crippen LogP contribution >= 0.6 is 125 Å². The van der Waals surface area contributed by atoms with Crippen LogP contribution in [0.3, 0.4) is 0 Å². The Bertz CT molecular complexity index is 4820. The molecule has 0 bridgehead atoms. The number of ether oxygens (including phenoxy) is 2. The second-order valence-electron chi connectivity index (χ2n) is 25.6. The molecule has 7 heterocycles. The molecule has 4 aliphatic carbocycles. The van der Waals surface area contributed by atoms with Crippen LogP contribution in [0.2, 0.25) is 5.82 Å². The number of rotatable bonds is 9. The van der Waals surface area contributed by atoms with E-state index in [0.717, 1.165) is 113 Å². The number of halogens is 13. The lowest BCUT2D eigenvalue weighted by atomic mass is 9.77. The maximum atomic E-state index is 14.2. The minimum Gasteiger partial charge on any atom is -0.427 e. The van der Waals surface area contributed by atoms with Gasteiger partial charge in [0, 0.05) is 124 Å². The van der Waals surface area contributed by atoms with E-state index in [1.807, 2.05) is 67.7 Å². The Morgan fingerprint density at radius 3 is 1.41 bits per heavy atom. The van der Waals surface area contributed by atoms with Crippen LogP contribution in [0.1, 0.15) is 114 Å². The van der Waals surface area contributed by atoms with Crippen molar-refractivity contribution in [2.75, 3.05) is 14.2 Å². The minimum absolute atomic E-state index is 0.175. The van der Waals surface area contributed by atoms with E-state index in [0.29, 0.717) is 31.2 Å². The molecule has 0 atom stereocenters. The zero-order valence-electron chi connectivity index (χ0n) is 53.3. The molecule has 12 aromatic rings. The normalized spacial score (nSPS) is 16.0. The number of nitrogens with one attached hydrogen (secondary N) is 4. The number of H-pyrrole nitrogens is 4. The van der Waals surface area contributed by atoms with Crippen LogP contribution < -0.4 is 5.46 Å². The molecule has 27 heteroatoms. The Kier molecular flexibility index (Phi) is 23.9. The molecule has 12 nitrogen and oxygen atoms in total. The van der Waals surface area contributed by atoms with E-state index >= 15 is 0 Å². The summed E-state index contributed by atoms with van der Waals surface area (Å²) in [6.07, 6.45) is 21.0. The number of methoxy groups -OCH3 is 2. The van der Waals surface area contributed by atoms with E-state index in [4.69, 9.17) is 28.8 Å². The first-order valence-electron chi connectivity index (χ1n) is 31.2. The van der Waals surface area contributed by atoms with Crippen LogP contribution in [-0.4, -0.2) is 78.8 Å². The predicted octanol–water partition coefficient (Wildman–Crippen LogP) is 21.6. The van der Waals surface area contributed by atoms with Crippen molar-refractivity contribution < 1.29 is 55.2 Å². The molecule has 6 aromatic carbocycles. The van der Waals surface area contributed by atoms with Gasteiger partial charge in [0.15, 0.2) is 0 Å². The monoisotopic (exact) mass is 1870 g/mol. The van der Waals surface area contributed by atoms with Crippen molar-refractivity contribution >= 4 is 210 Å². The summed E-state index contributed by atoms with van der Waals surface area (Å²) >= 11 is 21.1. The lowest BCUT2D eigenvalue weighted by Gasteiger charge is -2.32. The first-order chi connectivity index (χ1) is 46.1. The van der Waals surface area contributed by atoms with E-state index in [1.54, 1.807) is 38.6 Å². The van der Waals surface area contributed by atoms with Crippen LogP contribution in [0.25, 0.3) is 65.4 Å². The lowest BCUT2D eigenvalue weighted by Crippen LogP contribution is -2.41. The van der Waals surface area contributed by atoms with Gasteiger partial charge in [-0.2, -0.15) is 0 Å². The maximum absolute atomic E-state index is 14.2. The van der Waals surface area contributed by atoms with Gasteiger partial charge < -0.3 is 57.9 Å². The van der Waals surface area contributed by atoms with Gasteiger partial charge in [-0.25, -0.2) is 26.3 Å². The molecule has 1 aliphatic heterocycles. The summed E-state index contributed by atoms with van der Waals surface area (Å²) in [4.78, 5) is 12.6. The maximum Gasteiger partial charge on any atom is 0.497 e. The molecule has 1 saturated heterocycles. The molecule has 6 aromatic heterocycles. The summed E-state index contributed by atoms with van der Waals surface area (Å²) in [6.45, 7) is 8.99. The van der Waals surface area contributed by atoms with Crippen molar-refractivity contribution in [2.45, 2.75) is 127 Å². The van der Waals surface area contributed by atoms with Crippen LogP contribution in [0.4, 0.5) is 26.3 Å². The second-order valence-corrected chi connectivity index (χ2v) is 32.2. The molecule has 6 N–H and O–H groups in total. The molecule has 4 saturated carbocycles. The van der Waals surface area contributed by atoms with Crippen LogP contribution in [0.5, 0.6) is 0 Å². The third kappa shape index (κ3) is 17.5. The SMILES string of the molecule is CC1(C)OB(c2cc(F)cc3c(C4CC4)c[nH]c23)OC1(C)C.COCn1cc(C2CC2)c2cc(F)cc(Br)c21.COCn1cc(I)c2cc(F)cc(Br)c21.Fc1cc(Br)c2[nH]cc(C3CC3)c2c1.Fc1cc(Br)c2[nH]cc(I)c2c1.Fc1cc(Br)c2[nH]ccc2c1.OB(O)C1CC1. The van der Waals surface area contributed by atoms with E-state index < -0.39 is 25.4 Å². The van der Waals surface area contributed by atoms with Gasteiger partial charge in [0.05, 0.1) is 38.8 Å². The number of fused-ring (bicyclic) bond motifs is 6. The number of nitrogens with zero attached hydrogens (tertiary/aromatic N) is 2. The van der Waals surface area contributed by atoms with Crippen molar-refractivity contribution in [3.05, 3.63) is 197 Å². The number of hydrogen-bond donors (Lipinski definition) is 6. The summed E-state index contributed by atoms with van der Waals surface area (Å²) in [7, 11) is 1.72. The molecule has 17 rings (SSSR count). The van der Waals surface area contributed by atoms with Crippen molar-refractivity contribution in [1.29, 1.82) is 0 Å². The largest absolute Gasteiger partial charge is 0.497 e. The highest BCUT2D eigenvalue weighted by molar-refractivity contribution is 14.1. The quantitative estimate of drug-likeness (QED) is 0.0481. The standard InChI is InChI=1S/C17H21BFNO2.C13H13BrFNO.C11H9BrFN.C10H8BrFINO.C8H4BrFIN.C8H5BrFN.C3H7BO2/c1-16(2)17(3,4)22-18(21-16)14-8-11(19)7-12-13(10-5-6-10)9-20-15(12)14;1-17-7-16-6-11(8-2-3-8)10-4-9(15)5-12(14)13(10)16;12-10-4-7(13)3-8-9(6-1-2-6)5-14-11(8)10;1-15-5-14-4-9(13)7-2-6(12)3-8(11)10(7)14;9-6-2-4(10)1-5-7(11)3-12-8(5)6;9-7-4-6(10)3-5-1-2-11-8(5)7;5-4(6)3-1-2-3/h7-10,20H,5-6H2,1-4H3;4-6,8H,2-3,7H2,1H3;3-6,14H,1-2H2;2-4H,5H2,1H3;1-3,12H;1-4,11H;3,5-6H,1-2H2. The fraction of sp³-hybridized carbons (Fsp3) is 0.314. The Morgan fingerprint density at radius 2 is 0.907 bits per heavy atom. The lowest BCUT2D eigenvalue weighted by molar-refractivity contribution is 0.00578. The summed E-state index contributed by atoms with van der Waals surface area (Å²) in [5, 5.41) is 22.2. The van der Waals surface area contributed by atoms with Crippen molar-refractivity contribution in [3.8, 4) is 0 Å². The van der Waals surface area contributed by atoms with Crippen LogP contribution in [0.15, 0.2) is 138 Å². The summed E-state index contributed by atoms with van der Waals surface area (Å²) in [5.74, 6) is 0.762. The minimum atomic E-state index is -1.04. The Balaban J connectivity index is 0.000000117. The highest BCUT2D eigenvalue weighted by Crippen LogP contribution is 2.47. The fourth-order valence-corrected chi connectivity index (χ4v) is 15.8. The molecule has 0 amide bonds. The third-order valence-corrected chi connectivity index (χ3v) is 22.5. The van der Waals surface area contributed by atoms with Crippen molar-refractivity contribution in [2.24, 2.45) is 0 Å². The second kappa shape index (κ2) is 31.2. The molecular formula is C70H67B2Br5F6I2N6O6. The van der Waals surface area contributed by atoms with Gasteiger partial charge in [0.25, 0.3) is 0 Å². The van der Waals surface area contributed by atoms with Crippen LogP contribution in [0, 0.1) is 42.0 Å². The molecule has 97 heavy (non-hydrogen) atoms. The molecule has 5 fully saturated rings. The zero-order valence-corrected chi connectivity index (χ0v) is 65.6. The van der Waals surface area contributed by atoms with E-state index in [-0.39, 0.29) is 40.7 Å². The number of benzene rings is 6. The zero-order chi connectivity index (χ0) is 69.5. The summed E-state index contributed by atoms with van der Waals surface area (Å²) < 4.78 is 112. The van der Waals surface area contributed by atoms with Gasteiger partial charge in [-0.3, -0.25) is 0 Å². The van der Waals surface area contributed by atoms with Crippen molar-refractivity contribution in [3.63, 3.8) is 0 Å². The van der Waals surface area contributed by atoms with Gasteiger partial charge in [-0.15, -0.1) is 0 Å². The van der Waals surface area contributed by atoms with Gasteiger partial charge in [-0.1, -0.05) is 12.8 Å². The average molecular weight is 1880 g/mol. The Labute approximate surface area is 626 Å². The third-order valence-electron chi connectivity index (χ3n) is 17.7. The molecule has 0 radical (unpaired) electrons. The molecule has 5 aliphatic rings. The van der Waals surface area contributed by atoms with E-state index in [2.05, 4.69) is 151 Å². The number of aromatic amines is 4. The fourth-order valence-electron chi connectivity index (χ4n) is 11.5. The topological polar surface area (TPSA) is 150 Å². The van der Waals surface area contributed by atoms with Gasteiger partial charge in [0.2, 0.25) is 0 Å². The Hall–Kier alpha value is -4.11. The average Bonchev–Trinajstić information content (AvgIpc) is 1.61. The highest BCUT2D eigenvalue weighted by Gasteiger charge is 2.52. The Morgan fingerprint density at radius 1 is 0.495 bits per heavy atom. The van der Waals surface area contributed by atoms with E-state index in [9.17, 15) is 26.3 Å². The van der Waals surface area contributed by atoms with Gasteiger partial charge in [-0.05, 0) is 310 Å². The first kappa shape index (κ1) is 74.1. The first-order valence-corrected chi connectivity index (χ1v) is 37.4. The smallest absolute Gasteiger partial charge is 0.427 e. The molecule has 0 unspecified atom stereocenters. The predicted molar refractivity (Wildman–Crippen MR) is 410 cm³/mol. The molecule has 510 valence electrons. The van der Waals surface area contributed by atoms with E-state index in [1.165, 1.54) is 110 Å². The molecular weight excluding hydrogens is 1810 g/mol. The van der Waals surface area contributed by atoms with Crippen molar-refractivity contribution in [1.82, 2.24) is 29.1 Å². The highest BCUT2D eigenvalue weighted by atomic mass is 127. The van der Waals surface area contributed by atoms with Gasteiger partial charge >= 0.3 is 14.2 Å². The van der Waals surface area contributed by atoms with Crippen LogP contribution in [-0.2, 0) is 32.2 Å². The molecule has 0 spiro atoms. The number of aromatic nitrogens is 6. The number of hydrogen-bond acceptors (Lipinski definition) is 6. The summed E-state index contributed by atoms with van der Waals surface area (Å²) in [5.41, 5.74) is 9.43.